The van der Waals surface area contributed by atoms with Crippen molar-refractivity contribution in [2.75, 3.05) is 33.7 Å². The zero-order valence-electron chi connectivity index (χ0n) is 29.6. The minimum atomic E-state index is -2.85. The van der Waals surface area contributed by atoms with Gasteiger partial charge in [-0.25, -0.2) is 4.79 Å². The van der Waals surface area contributed by atoms with E-state index in [0.717, 1.165) is 68.6 Å². The van der Waals surface area contributed by atoms with Gasteiger partial charge in [-0.2, -0.15) is 0 Å². The van der Waals surface area contributed by atoms with E-state index >= 15 is 0 Å². The number of benzene rings is 1. The molecule has 0 saturated carbocycles. The summed E-state index contributed by atoms with van der Waals surface area (Å²) in [6.45, 7) is 22.6. The number of hydrogen-bond acceptors (Lipinski definition) is 5. The summed E-state index contributed by atoms with van der Waals surface area (Å²) in [4.78, 5) is 23.6. The third-order valence-electron chi connectivity index (χ3n) is 6.71. The summed E-state index contributed by atoms with van der Waals surface area (Å²) in [5, 5.41) is 12.2. The van der Waals surface area contributed by atoms with E-state index in [4.69, 9.17) is 17.5 Å². The second-order valence-electron chi connectivity index (χ2n) is 15.4. The van der Waals surface area contributed by atoms with E-state index in [1.165, 1.54) is 5.56 Å². The Labute approximate surface area is 283 Å². The second-order valence-corrected chi connectivity index (χ2v) is 32.4. The SMILES string of the molecule is C[N+](C)(CCCCCC(=O)NCCC[Si](O[Si](C)(C)C)(O[Si](C)(C)C)O[Si](C)(C)C)CCCCc1ccc(C(=O)O)cc1.[Br-]. The Kier molecular flexibility index (Phi) is 19.0. The lowest BCUT2D eigenvalue weighted by atomic mass is 10.1. The molecule has 0 aliphatic carbocycles. The maximum Gasteiger partial charge on any atom is 0.469 e. The van der Waals surface area contributed by atoms with Crippen molar-refractivity contribution >= 4 is 45.6 Å². The first-order chi connectivity index (χ1) is 19.6. The molecule has 1 aromatic rings. The van der Waals surface area contributed by atoms with Gasteiger partial charge >= 0.3 is 14.8 Å². The van der Waals surface area contributed by atoms with Crippen LogP contribution in [0.25, 0.3) is 0 Å². The lowest BCUT2D eigenvalue weighted by Gasteiger charge is -2.43. The Hall–Kier alpha value is -0.652. The molecule has 44 heavy (non-hydrogen) atoms. The number of nitrogens with one attached hydrogen (secondary N) is 1. The van der Waals surface area contributed by atoms with Crippen LogP contribution in [0.3, 0.4) is 0 Å². The molecule has 8 nitrogen and oxygen atoms in total. The molecule has 0 heterocycles. The van der Waals surface area contributed by atoms with Gasteiger partial charge in [-0.1, -0.05) is 12.1 Å². The molecule has 0 aliphatic heterocycles. The van der Waals surface area contributed by atoms with Gasteiger partial charge < -0.3 is 44.2 Å². The van der Waals surface area contributed by atoms with Crippen LogP contribution in [0.1, 0.15) is 60.9 Å². The van der Waals surface area contributed by atoms with Crippen molar-refractivity contribution in [3.63, 3.8) is 0 Å². The first-order valence-corrected chi connectivity index (χ1v) is 28.3. The fourth-order valence-electron chi connectivity index (χ4n) is 5.03. The van der Waals surface area contributed by atoms with Crippen LogP contribution in [0, 0.1) is 0 Å². The number of hydrogen-bond donors (Lipinski definition) is 2. The van der Waals surface area contributed by atoms with Crippen molar-refractivity contribution < 1.29 is 48.5 Å². The van der Waals surface area contributed by atoms with Crippen LogP contribution in [0.2, 0.25) is 65.0 Å². The Morgan fingerprint density at radius 1 is 0.727 bits per heavy atom. The molecule has 2 N–H and O–H groups in total. The van der Waals surface area contributed by atoms with Gasteiger partial charge in [-0.15, -0.1) is 0 Å². The largest absolute Gasteiger partial charge is 1.00 e. The summed E-state index contributed by atoms with van der Waals surface area (Å²) in [6, 6.07) is 7.95. The maximum atomic E-state index is 12.6. The van der Waals surface area contributed by atoms with Crippen LogP contribution in [-0.2, 0) is 23.6 Å². The number of unbranched alkanes of at least 4 members (excludes halogenated alkanes) is 3. The normalized spacial score (nSPS) is 13.0. The van der Waals surface area contributed by atoms with Crippen molar-refractivity contribution in [3.8, 4) is 0 Å². The zero-order chi connectivity index (χ0) is 33.0. The lowest BCUT2D eigenvalue weighted by molar-refractivity contribution is -0.890. The van der Waals surface area contributed by atoms with Crippen molar-refractivity contribution in [2.24, 2.45) is 0 Å². The van der Waals surface area contributed by atoms with Gasteiger partial charge in [0.1, 0.15) is 0 Å². The number of carbonyl (C=O) groups is 2. The molecule has 0 aliphatic rings. The van der Waals surface area contributed by atoms with Crippen LogP contribution in [0.15, 0.2) is 24.3 Å². The molecular formula is C31H63BrN2O6Si4. The highest BCUT2D eigenvalue weighted by atomic mass is 79.9. The number of carbonyl (C=O) groups excluding carboxylic acids is 1. The van der Waals surface area contributed by atoms with Crippen LogP contribution in [-0.4, -0.2) is 89.0 Å². The molecule has 256 valence electrons. The number of carboxylic acids is 1. The first-order valence-electron chi connectivity index (χ1n) is 16.1. The van der Waals surface area contributed by atoms with E-state index in [-0.39, 0.29) is 22.9 Å². The van der Waals surface area contributed by atoms with Gasteiger partial charge in [0.2, 0.25) is 5.91 Å². The second kappa shape index (κ2) is 19.2. The Balaban J connectivity index is 0.0000185. The van der Waals surface area contributed by atoms with Crippen molar-refractivity contribution in [1.82, 2.24) is 5.32 Å². The van der Waals surface area contributed by atoms with Gasteiger partial charge in [-0.05, 0) is 122 Å². The van der Waals surface area contributed by atoms with Gasteiger partial charge in [-0.3, -0.25) is 4.79 Å². The molecular weight excluding hydrogens is 689 g/mol. The minimum absolute atomic E-state index is 0. The van der Waals surface area contributed by atoms with Crippen molar-refractivity contribution in [2.45, 2.75) is 116 Å². The topological polar surface area (TPSA) is 94.1 Å². The number of carboxylic acid groups (broad SMARTS) is 1. The molecule has 0 saturated heterocycles. The molecule has 1 rings (SSSR count). The van der Waals surface area contributed by atoms with E-state index in [2.05, 4.69) is 78.3 Å². The highest BCUT2D eigenvalue weighted by Crippen LogP contribution is 2.29. The Morgan fingerprint density at radius 3 is 1.66 bits per heavy atom. The van der Waals surface area contributed by atoms with Crippen LogP contribution >= 0.6 is 0 Å². The average Bonchev–Trinajstić information content (AvgIpc) is 2.81. The summed E-state index contributed by atoms with van der Waals surface area (Å²) in [5.74, 6) is -0.755. The maximum absolute atomic E-state index is 12.6. The summed E-state index contributed by atoms with van der Waals surface area (Å²) < 4.78 is 21.2. The molecule has 0 radical (unpaired) electrons. The smallest absolute Gasteiger partial charge is 0.469 e. The number of aryl methyl sites for hydroxylation is 1. The number of halogens is 1. The molecule has 0 unspecified atom stereocenters. The molecule has 0 spiro atoms. The molecule has 0 bridgehead atoms. The van der Waals surface area contributed by atoms with Gasteiger partial charge in [0, 0.05) is 19.0 Å². The highest BCUT2D eigenvalue weighted by Gasteiger charge is 2.49. The van der Waals surface area contributed by atoms with Crippen LogP contribution in [0.4, 0.5) is 0 Å². The van der Waals surface area contributed by atoms with Gasteiger partial charge in [0.05, 0.1) is 32.7 Å². The van der Waals surface area contributed by atoms with E-state index in [1.807, 2.05) is 12.1 Å². The molecule has 1 aromatic carbocycles. The molecule has 13 heteroatoms. The van der Waals surface area contributed by atoms with E-state index < -0.39 is 39.7 Å². The highest BCUT2D eigenvalue weighted by molar-refractivity contribution is 6.90. The number of aromatic carboxylic acids is 1. The van der Waals surface area contributed by atoms with Gasteiger partial charge in [0.25, 0.3) is 0 Å². The van der Waals surface area contributed by atoms with Crippen molar-refractivity contribution in [3.05, 3.63) is 35.4 Å². The van der Waals surface area contributed by atoms with Crippen LogP contribution in [0.5, 0.6) is 0 Å². The molecule has 1 amide bonds. The monoisotopic (exact) mass is 750 g/mol. The van der Waals surface area contributed by atoms with Gasteiger partial charge in [0.15, 0.2) is 25.0 Å². The predicted octanol–water partition coefficient (Wildman–Crippen LogP) is 4.35. The summed E-state index contributed by atoms with van der Waals surface area (Å²) >= 11 is 0. The fourth-order valence-corrected chi connectivity index (χ4v) is 19.7. The minimum Gasteiger partial charge on any atom is -1.00 e. The summed E-state index contributed by atoms with van der Waals surface area (Å²) in [6.07, 6.45) is 7.65. The van der Waals surface area contributed by atoms with Crippen LogP contribution < -0.4 is 22.3 Å². The quantitative estimate of drug-likeness (QED) is 0.104. The standard InChI is InChI=1S/C31H62N2O6Si4.BrH/c1-33(2,26-16-14-18-28-20-22-29(23-21-28)31(35)36)25-15-12-13-19-30(34)32-24-17-27-43(37-40(3,4)5,38-41(6,7)8)39-42(9,10)11;/h20-23H,12-19,24-27H2,1-11H3,(H-,32,34,35,36);1H. The lowest BCUT2D eigenvalue weighted by Crippen LogP contribution is -3.00. The Bertz CT molecular complexity index is 952. The number of amides is 1. The molecule has 0 fully saturated rings. The number of nitrogens with zero attached hydrogens (tertiary/aromatic N) is 1. The zero-order valence-corrected chi connectivity index (χ0v) is 35.2. The van der Waals surface area contributed by atoms with E-state index in [9.17, 15) is 9.59 Å². The fraction of sp³-hybridized carbons (Fsp3) is 0.742. The number of rotatable bonds is 22. The number of quaternary nitrogens is 1. The van der Waals surface area contributed by atoms with Crippen molar-refractivity contribution in [1.29, 1.82) is 0 Å². The predicted molar refractivity (Wildman–Crippen MR) is 188 cm³/mol. The van der Waals surface area contributed by atoms with E-state index in [0.29, 0.717) is 18.5 Å². The van der Waals surface area contributed by atoms with E-state index in [1.54, 1.807) is 12.1 Å². The Morgan fingerprint density at radius 2 is 1.20 bits per heavy atom. The summed E-state index contributed by atoms with van der Waals surface area (Å²) in [7, 11) is -3.97. The first kappa shape index (κ1) is 43.3. The third kappa shape index (κ3) is 21.2. The average molecular weight is 752 g/mol. The third-order valence-corrected chi connectivity index (χ3v) is 18.8. The molecule has 0 atom stereocenters. The summed E-state index contributed by atoms with van der Waals surface area (Å²) in [5.41, 5.74) is 1.53. The molecule has 0 aromatic heterocycles.